The summed E-state index contributed by atoms with van der Waals surface area (Å²) < 4.78 is 10.2. The molecule has 0 saturated heterocycles. The number of nitrogens with zero attached hydrogens (tertiary/aromatic N) is 2. The average Bonchev–Trinajstić information content (AvgIpc) is 3.23. The van der Waals surface area contributed by atoms with E-state index < -0.39 is 17.9 Å². The molecule has 0 aromatic heterocycles. The van der Waals surface area contributed by atoms with Gasteiger partial charge in [-0.3, -0.25) is 4.90 Å². The number of nitrogens with one attached hydrogen (secondary N) is 2. The second-order valence-corrected chi connectivity index (χ2v) is 9.38. The number of ether oxygens (including phenoxy) is 2. The van der Waals surface area contributed by atoms with E-state index in [9.17, 15) is 14.9 Å². The number of para-hydroxylation sites is 2. The molecule has 0 fully saturated rings. The Hall–Kier alpha value is -5.23. The molecule has 0 saturated carbocycles. The molecule has 3 aromatic rings. The molecule has 5 rings (SSSR count). The van der Waals surface area contributed by atoms with Crippen molar-refractivity contribution in [3.63, 3.8) is 0 Å². The molecular weight excluding hydrogens is 506 g/mol. The fourth-order valence-corrected chi connectivity index (χ4v) is 5.26. The molecule has 0 radical (unpaired) electrons. The lowest BCUT2D eigenvalue weighted by Gasteiger charge is -2.36. The summed E-state index contributed by atoms with van der Waals surface area (Å²) >= 11 is 0. The highest BCUT2D eigenvalue weighted by Crippen LogP contribution is 2.43. The van der Waals surface area contributed by atoms with E-state index in [-0.39, 0.29) is 28.7 Å². The smallest absolute Gasteiger partial charge is 0.355 e. The van der Waals surface area contributed by atoms with Crippen LogP contribution in [0.2, 0.25) is 0 Å². The summed E-state index contributed by atoms with van der Waals surface area (Å²) in [5.74, 6) is -2.42. The summed E-state index contributed by atoms with van der Waals surface area (Å²) in [5, 5.41) is 17.2. The zero-order valence-corrected chi connectivity index (χ0v) is 22.2. The minimum atomic E-state index is -0.911. The number of allylic oxidation sites excluding steroid dienone is 1. The maximum absolute atomic E-state index is 13.3. The molecule has 202 valence electrons. The number of methoxy groups -OCH3 is 2. The number of nitrogens with two attached hydrogens (primary N) is 1. The number of hydrogen-bond acceptors (Lipinski definition) is 9. The Morgan fingerprint density at radius 2 is 1.55 bits per heavy atom. The van der Waals surface area contributed by atoms with Crippen LogP contribution in [0.3, 0.4) is 0 Å². The zero-order valence-electron chi connectivity index (χ0n) is 22.2. The van der Waals surface area contributed by atoms with Gasteiger partial charge in [0.15, 0.2) is 0 Å². The lowest BCUT2D eigenvalue weighted by molar-refractivity contribution is -0.139. The number of hydrogen-bond donors (Lipinski definition) is 3. The Bertz CT molecular complexity index is 1540. The molecule has 4 N–H and O–H groups in total. The van der Waals surface area contributed by atoms with Crippen LogP contribution in [0.25, 0.3) is 0 Å². The first-order chi connectivity index (χ1) is 19.5. The van der Waals surface area contributed by atoms with Crippen molar-refractivity contribution < 1.29 is 19.1 Å². The van der Waals surface area contributed by atoms with Gasteiger partial charge in [-0.1, -0.05) is 54.6 Å². The highest BCUT2D eigenvalue weighted by atomic mass is 16.5. The van der Waals surface area contributed by atoms with Crippen molar-refractivity contribution in [1.82, 2.24) is 0 Å². The highest BCUT2D eigenvalue weighted by molar-refractivity contribution is 6.06. The molecule has 2 unspecified atom stereocenters. The summed E-state index contributed by atoms with van der Waals surface area (Å²) in [6.07, 6.45) is 0.844. The first kappa shape index (κ1) is 26.4. The van der Waals surface area contributed by atoms with Crippen molar-refractivity contribution in [1.29, 1.82) is 5.26 Å². The van der Waals surface area contributed by atoms with E-state index in [1.165, 1.54) is 19.1 Å². The summed E-state index contributed by atoms with van der Waals surface area (Å²) in [6.45, 7) is 0.794. The Morgan fingerprint density at radius 3 is 2.20 bits per heavy atom. The monoisotopic (exact) mass is 535 g/mol. The molecule has 2 aliphatic heterocycles. The Labute approximate surface area is 232 Å². The van der Waals surface area contributed by atoms with Crippen molar-refractivity contribution in [3.8, 4) is 6.07 Å². The lowest BCUT2D eigenvalue weighted by atomic mass is 9.81. The van der Waals surface area contributed by atoms with Crippen LogP contribution in [-0.4, -0.2) is 32.7 Å². The maximum atomic E-state index is 13.3. The van der Waals surface area contributed by atoms with Gasteiger partial charge < -0.3 is 25.8 Å². The van der Waals surface area contributed by atoms with E-state index in [2.05, 4.69) is 16.7 Å². The van der Waals surface area contributed by atoms with Crippen molar-refractivity contribution >= 4 is 29.0 Å². The van der Waals surface area contributed by atoms with Crippen molar-refractivity contribution in [2.75, 3.05) is 36.3 Å². The van der Waals surface area contributed by atoms with Gasteiger partial charge in [-0.25, -0.2) is 9.59 Å². The Kier molecular flexibility index (Phi) is 7.42. The van der Waals surface area contributed by atoms with Crippen LogP contribution in [0.5, 0.6) is 0 Å². The van der Waals surface area contributed by atoms with Crippen LogP contribution < -0.4 is 21.3 Å². The van der Waals surface area contributed by atoms with E-state index in [0.29, 0.717) is 11.3 Å². The van der Waals surface area contributed by atoms with Crippen LogP contribution in [0.15, 0.2) is 102 Å². The maximum Gasteiger partial charge on any atom is 0.355 e. The molecule has 3 aromatic carbocycles. The van der Waals surface area contributed by atoms with Crippen LogP contribution in [0, 0.1) is 11.3 Å². The summed E-state index contributed by atoms with van der Waals surface area (Å²) in [4.78, 5) is 27.9. The molecule has 2 atom stereocenters. The predicted molar refractivity (Wildman–Crippen MR) is 152 cm³/mol. The first-order valence-electron chi connectivity index (χ1n) is 12.8. The van der Waals surface area contributed by atoms with Crippen LogP contribution in [-0.2, 0) is 19.1 Å². The molecule has 0 bridgehead atoms. The molecule has 40 heavy (non-hydrogen) atoms. The number of esters is 2. The SMILES string of the molecule is COC(=O)C1=C(C(=O)OC)N(c2ccc(C3CCNc4ccccc4N3)cc2)C(N)=C(C#N)C1c1ccccc1. The third kappa shape index (κ3) is 4.71. The number of carbonyl (C=O) groups is 2. The van der Waals surface area contributed by atoms with Gasteiger partial charge in [-0.2, -0.15) is 5.26 Å². The van der Waals surface area contributed by atoms with Crippen molar-refractivity contribution in [2.45, 2.75) is 18.4 Å². The molecule has 2 aliphatic rings. The van der Waals surface area contributed by atoms with Gasteiger partial charge in [0.25, 0.3) is 0 Å². The number of carbonyl (C=O) groups excluding carboxylic acids is 2. The van der Waals surface area contributed by atoms with Gasteiger partial charge in [0.2, 0.25) is 0 Å². The van der Waals surface area contributed by atoms with Gasteiger partial charge in [0.1, 0.15) is 11.5 Å². The number of anilines is 3. The van der Waals surface area contributed by atoms with E-state index in [1.807, 2.05) is 54.6 Å². The molecule has 0 spiro atoms. The Morgan fingerprint density at radius 1 is 0.900 bits per heavy atom. The van der Waals surface area contributed by atoms with Gasteiger partial charge in [-0.15, -0.1) is 0 Å². The van der Waals surface area contributed by atoms with E-state index in [0.717, 1.165) is 29.9 Å². The van der Waals surface area contributed by atoms with E-state index in [1.54, 1.807) is 24.3 Å². The standard InChI is InChI=1S/C31H29N5O4/c1-39-30(37)27-26(20-8-4-3-5-9-20)22(18-32)29(33)36(28(27)31(38)40-2)21-14-12-19(13-15-21)23-16-17-34-24-10-6-7-11-25(24)35-23/h3-15,23,26,34-35H,16-17,33H2,1-2H3. The molecule has 2 heterocycles. The molecule has 9 heteroatoms. The predicted octanol–water partition coefficient (Wildman–Crippen LogP) is 4.55. The van der Waals surface area contributed by atoms with Crippen LogP contribution >= 0.6 is 0 Å². The highest BCUT2D eigenvalue weighted by Gasteiger charge is 2.43. The molecular formula is C31H29N5O4. The third-order valence-electron chi connectivity index (χ3n) is 7.17. The molecule has 0 amide bonds. The fourth-order valence-electron chi connectivity index (χ4n) is 5.26. The second kappa shape index (κ2) is 11.3. The third-order valence-corrected chi connectivity index (χ3v) is 7.17. The van der Waals surface area contributed by atoms with Crippen molar-refractivity contribution in [2.24, 2.45) is 5.73 Å². The van der Waals surface area contributed by atoms with Crippen LogP contribution in [0.4, 0.5) is 17.1 Å². The van der Waals surface area contributed by atoms with E-state index in [4.69, 9.17) is 15.2 Å². The lowest BCUT2D eigenvalue weighted by Crippen LogP contribution is -2.40. The second-order valence-electron chi connectivity index (χ2n) is 9.38. The normalized spacial score (nSPS) is 18.5. The number of fused-ring (bicyclic) bond motifs is 1. The number of benzene rings is 3. The Balaban J connectivity index is 1.61. The minimum absolute atomic E-state index is 0.0245. The summed E-state index contributed by atoms with van der Waals surface area (Å²) in [7, 11) is 2.46. The fraction of sp³-hybridized carbons (Fsp3) is 0.194. The van der Waals surface area contributed by atoms with Gasteiger partial charge in [-0.05, 0) is 41.8 Å². The largest absolute Gasteiger partial charge is 0.466 e. The topological polar surface area (TPSA) is 130 Å². The number of nitriles is 1. The minimum Gasteiger partial charge on any atom is -0.466 e. The molecule has 9 nitrogen and oxygen atoms in total. The van der Waals surface area contributed by atoms with Gasteiger partial charge >= 0.3 is 11.9 Å². The molecule has 0 aliphatic carbocycles. The van der Waals surface area contributed by atoms with Gasteiger partial charge in [0, 0.05) is 12.2 Å². The van der Waals surface area contributed by atoms with E-state index >= 15 is 0 Å². The van der Waals surface area contributed by atoms with Gasteiger partial charge in [0.05, 0.1) is 54.8 Å². The van der Waals surface area contributed by atoms with Crippen LogP contribution in [0.1, 0.15) is 29.5 Å². The summed E-state index contributed by atoms with van der Waals surface area (Å²) in [5.41, 5.74) is 10.8. The van der Waals surface area contributed by atoms with Crippen molar-refractivity contribution in [3.05, 3.63) is 113 Å². The first-order valence-corrected chi connectivity index (χ1v) is 12.8. The zero-order chi connectivity index (χ0) is 28.2. The average molecular weight is 536 g/mol. The quantitative estimate of drug-likeness (QED) is 0.403. The summed E-state index contributed by atoms with van der Waals surface area (Å²) in [6, 6.07) is 26.7. The number of rotatable bonds is 5.